The molecular formula is C33H41N5O2. The van der Waals surface area contributed by atoms with Crippen LogP contribution in [0.5, 0.6) is 0 Å². The van der Waals surface area contributed by atoms with Gasteiger partial charge in [-0.3, -0.25) is 0 Å². The Kier molecular flexibility index (Phi) is 9.96. The lowest BCUT2D eigenvalue weighted by molar-refractivity contribution is -0.0299. The second-order valence-electron chi connectivity index (χ2n) is 10.8. The van der Waals surface area contributed by atoms with Gasteiger partial charge in [-0.1, -0.05) is 72.8 Å². The molecule has 40 heavy (non-hydrogen) atoms. The fourth-order valence-electron chi connectivity index (χ4n) is 5.22. The van der Waals surface area contributed by atoms with Gasteiger partial charge < -0.3 is 25.0 Å². The second-order valence-corrected chi connectivity index (χ2v) is 10.8. The van der Waals surface area contributed by atoms with Gasteiger partial charge in [0.25, 0.3) is 0 Å². The molecule has 1 heterocycles. The SMILES string of the molecule is CN(C)c1nc(NC2CCC(NC[C@@H](COCc3ccccc3)OCc3ccccc3)CC2)nc2ccccc12. The maximum Gasteiger partial charge on any atom is 0.225 e. The van der Waals surface area contributed by atoms with Crippen LogP contribution in [0.15, 0.2) is 84.9 Å². The van der Waals surface area contributed by atoms with Crippen molar-refractivity contribution in [2.24, 2.45) is 0 Å². The lowest BCUT2D eigenvalue weighted by Gasteiger charge is -2.31. The summed E-state index contributed by atoms with van der Waals surface area (Å²) in [5.41, 5.74) is 3.32. The van der Waals surface area contributed by atoms with Crippen LogP contribution in [0, 0.1) is 0 Å². The lowest BCUT2D eigenvalue weighted by Crippen LogP contribution is -2.42. The molecule has 0 amide bonds. The standard InChI is InChI=1S/C33H41N5O2/c1-38(2)32-30-15-9-10-16-31(30)36-33(37-32)35-28-19-17-27(18-20-28)34-21-29(40-23-26-13-7-4-8-14-26)24-39-22-25-11-5-3-6-12-25/h3-16,27-29,34H,17-24H2,1-2H3,(H,35,36,37)/t27?,28?,29-/m0/s1. The zero-order valence-electron chi connectivity index (χ0n) is 23.6. The van der Waals surface area contributed by atoms with Crippen molar-refractivity contribution >= 4 is 22.7 Å². The van der Waals surface area contributed by atoms with Crippen LogP contribution in [0.3, 0.4) is 0 Å². The molecule has 0 saturated heterocycles. The number of anilines is 2. The van der Waals surface area contributed by atoms with E-state index < -0.39 is 0 Å². The van der Waals surface area contributed by atoms with Gasteiger partial charge in [0.05, 0.1) is 31.4 Å². The van der Waals surface area contributed by atoms with Crippen LogP contribution in [-0.2, 0) is 22.7 Å². The van der Waals surface area contributed by atoms with Gasteiger partial charge in [-0.25, -0.2) is 4.98 Å². The topological polar surface area (TPSA) is 71.5 Å². The number of fused-ring (bicyclic) bond motifs is 1. The van der Waals surface area contributed by atoms with E-state index in [-0.39, 0.29) is 6.10 Å². The van der Waals surface area contributed by atoms with E-state index in [0.717, 1.165) is 48.9 Å². The number of nitrogens with one attached hydrogen (secondary N) is 2. The number of nitrogens with zero attached hydrogens (tertiary/aromatic N) is 3. The quantitative estimate of drug-likeness (QED) is 0.222. The van der Waals surface area contributed by atoms with E-state index in [1.54, 1.807) is 0 Å². The maximum atomic E-state index is 6.30. The second kappa shape index (κ2) is 14.2. The first-order valence-corrected chi connectivity index (χ1v) is 14.4. The van der Waals surface area contributed by atoms with Crippen LogP contribution < -0.4 is 15.5 Å². The predicted octanol–water partition coefficient (Wildman–Crippen LogP) is 5.81. The number of hydrogen-bond donors (Lipinski definition) is 2. The average Bonchev–Trinajstić information content (AvgIpc) is 2.99. The van der Waals surface area contributed by atoms with Crippen LogP contribution in [0.2, 0.25) is 0 Å². The summed E-state index contributed by atoms with van der Waals surface area (Å²) < 4.78 is 12.4. The average molecular weight is 540 g/mol. The van der Waals surface area contributed by atoms with E-state index in [2.05, 4.69) is 64.1 Å². The van der Waals surface area contributed by atoms with Crippen LogP contribution in [0.25, 0.3) is 10.9 Å². The highest BCUT2D eigenvalue weighted by Crippen LogP contribution is 2.26. The van der Waals surface area contributed by atoms with Crippen molar-refractivity contribution in [1.82, 2.24) is 15.3 Å². The van der Waals surface area contributed by atoms with Crippen molar-refractivity contribution in [1.29, 1.82) is 0 Å². The third-order valence-electron chi connectivity index (χ3n) is 7.45. The third kappa shape index (κ3) is 8.01. The van der Waals surface area contributed by atoms with Gasteiger partial charge in [-0.15, -0.1) is 0 Å². The van der Waals surface area contributed by atoms with E-state index in [0.29, 0.717) is 37.9 Å². The fourth-order valence-corrected chi connectivity index (χ4v) is 5.22. The molecule has 1 saturated carbocycles. The molecule has 0 radical (unpaired) electrons. The number of hydrogen-bond acceptors (Lipinski definition) is 7. The van der Waals surface area contributed by atoms with Crippen molar-refractivity contribution in [3.8, 4) is 0 Å². The number of aromatic nitrogens is 2. The molecular weight excluding hydrogens is 498 g/mol. The van der Waals surface area contributed by atoms with E-state index in [1.165, 1.54) is 11.1 Å². The molecule has 0 spiro atoms. The predicted molar refractivity (Wildman–Crippen MR) is 163 cm³/mol. The van der Waals surface area contributed by atoms with Gasteiger partial charge in [0.1, 0.15) is 5.82 Å². The van der Waals surface area contributed by atoms with E-state index in [1.807, 2.05) is 50.5 Å². The smallest absolute Gasteiger partial charge is 0.225 e. The molecule has 4 aromatic rings. The van der Waals surface area contributed by atoms with Crippen LogP contribution in [0.1, 0.15) is 36.8 Å². The molecule has 0 unspecified atom stereocenters. The molecule has 1 atom stereocenters. The van der Waals surface area contributed by atoms with Crippen LogP contribution >= 0.6 is 0 Å². The van der Waals surface area contributed by atoms with Crippen molar-refractivity contribution in [3.63, 3.8) is 0 Å². The lowest BCUT2D eigenvalue weighted by atomic mass is 9.91. The van der Waals surface area contributed by atoms with Crippen LogP contribution in [-0.4, -0.2) is 55.4 Å². The van der Waals surface area contributed by atoms with Crippen molar-refractivity contribution in [3.05, 3.63) is 96.1 Å². The van der Waals surface area contributed by atoms with Crippen molar-refractivity contribution in [2.45, 2.75) is 57.1 Å². The van der Waals surface area contributed by atoms with Crippen molar-refractivity contribution in [2.75, 3.05) is 37.5 Å². The normalized spacial score (nSPS) is 17.9. The molecule has 0 aliphatic heterocycles. The Bertz CT molecular complexity index is 1310. The van der Waals surface area contributed by atoms with Gasteiger partial charge in [0, 0.05) is 38.1 Å². The zero-order valence-corrected chi connectivity index (χ0v) is 23.6. The van der Waals surface area contributed by atoms with E-state index in [9.17, 15) is 0 Å². The van der Waals surface area contributed by atoms with E-state index in [4.69, 9.17) is 19.4 Å². The molecule has 7 nitrogen and oxygen atoms in total. The number of benzene rings is 3. The third-order valence-corrected chi connectivity index (χ3v) is 7.45. The highest BCUT2D eigenvalue weighted by atomic mass is 16.5. The van der Waals surface area contributed by atoms with Gasteiger partial charge in [-0.05, 0) is 48.9 Å². The zero-order chi connectivity index (χ0) is 27.6. The summed E-state index contributed by atoms with van der Waals surface area (Å²) in [7, 11) is 4.05. The molecule has 1 aliphatic carbocycles. The minimum absolute atomic E-state index is 0.0183. The van der Waals surface area contributed by atoms with Gasteiger partial charge in [-0.2, -0.15) is 4.98 Å². The Morgan fingerprint density at radius 3 is 2.10 bits per heavy atom. The minimum Gasteiger partial charge on any atom is -0.374 e. The minimum atomic E-state index is -0.0183. The molecule has 1 aromatic heterocycles. The monoisotopic (exact) mass is 539 g/mol. The highest BCUT2D eigenvalue weighted by Gasteiger charge is 2.23. The largest absolute Gasteiger partial charge is 0.374 e. The summed E-state index contributed by atoms with van der Waals surface area (Å²) in [6.45, 7) is 2.50. The summed E-state index contributed by atoms with van der Waals surface area (Å²) in [5.74, 6) is 1.66. The molecule has 210 valence electrons. The molecule has 0 bridgehead atoms. The number of rotatable bonds is 13. The first-order valence-electron chi connectivity index (χ1n) is 14.4. The first kappa shape index (κ1) is 28.0. The Labute approximate surface area is 237 Å². The Balaban J connectivity index is 1.11. The number of ether oxygens (including phenoxy) is 2. The maximum absolute atomic E-state index is 6.30. The summed E-state index contributed by atoms with van der Waals surface area (Å²) >= 11 is 0. The summed E-state index contributed by atoms with van der Waals surface area (Å²) in [4.78, 5) is 11.7. The molecule has 5 rings (SSSR count). The van der Waals surface area contributed by atoms with Crippen molar-refractivity contribution < 1.29 is 9.47 Å². The summed E-state index contributed by atoms with van der Waals surface area (Å²) in [6, 6.07) is 29.7. The molecule has 7 heteroatoms. The molecule has 2 N–H and O–H groups in total. The number of para-hydroxylation sites is 1. The summed E-state index contributed by atoms with van der Waals surface area (Å²) in [6.07, 6.45) is 4.33. The van der Waals surface area contributed by atoms with Gasteiger partial charge in [0.2, 0.25) is 5.95 Å². The van der Waals surface area contributed by atoms with Gasteiger partial charge >= 0.3 is 0 Å². The summed E-state index contributed by atoms with van der Waals surface area (Å²) in [5, 5.41) is 8.45. The Morgan fingerprint density at radius 2 is 1.40 bits per heavy atom. The fraction of sp³-hybridized carbons (Fsp3) is 0.394. The molecule has 1 aliphatic rings. The van der Waals surface area contributed by atoms with Gasteiger partial charge in [0.15, 0.2) is 0 Å². The molecule has 3 aromatic carbocycles. The van der Waals surface area contributed by atoms with E-state index >= 15 is 0 Å². The Morgan fingerprint density at radius 1 is 0.775 bits per heavy atom. The Hall–Kier alpha value is -3.52. The van der Waals surface area contributed by atoms with Crippen LogP contribution in [0.4, 0.5) is 11.8 Å². The highest BCUT2D eigenvalue weighted by molar-refractivity contribution is 5.90. The molecule has 1 fully saturated rings. The first-order chi connectivity index (χ1) is 19.6.